The Labute approximate surface area is 97.7 Å². The number of thiazole rings is 1. The summed E-state index contributed by atoms with van der Waals surface area (Å²) in [6, 6.07) is 1.80. The molecular formula is C10H13N5S. The molecule has 2 aromatic heterocycles. The van der Waals surface area contributed by atoms with Gasteiger partial charge in [0, 0.05) is 17.1 Å². The lowest BCUT2D eigenvalue weighted by Crippen LogP contribution is -2.11. The lowest BCUT2D eigenvalue weighted by molar-refractivity contribution is 0.919. The Morgan fingerprint density at radius 3 is 2.75 bits per heavy atom. The molecule has 0 radical (unpaired) electrons. The molecule has 84 valence electrons. The van der Waals surface area contributed by atoms with E-state index in [0.29, 0.717) is 12.2 Å². The minimum absolute atomic E-state index is 0.634. The van der Waals surface area contributed by atoms with Crippen molar-refractivity contribution in [2.24, 2.45) is 5.84 Å². The van der Waals surface area contributed by atoms with E-state index in [2.05, 4.69) is 20.4 Å². The van der Waals surface area contributed by atoms with Gasteiger partial charge >= 0.3 is 0 Å². The zero-order valence-corrected chi connectivity index (χ0v) is 10.0. The smallest absolute Gasteiger partial charge is 0.143 e. The van der Waals surface area contributed by atoms with E-state index in [-0.39, 0.29) is 0 Å². The standard InChI is InChI=1S/C10H13N5S/c1-6-3-10(15-11)14-9(12-6)4-8-5-16-7(2)13-8/h3,5H,4,11H2,1-2H3,(H,12,14,15). The maximum Gasteiger partial charge on any atom is 0.143 e. The van der Waals surface area contributed by atoms with Gasteiger partial charge in [0.1, 0.15) is 11.6 Å². The average Bonchev–Trinajstić information content (AvgIpc) is 2.63. The monoisotopic (exact) mass is 235 g/mol. The van der Waals surface area contributed by atoms with Crippen molar-refractivity contribution in [1.29, 1.82) is 0 Å². The van der Waals surface area contributed by atoms with Gasteiger partial charge in [-0.15, -0.1) is 11.3 Å². The first-order valence-electron chi connectivity index (χ1n) is 4.89. The Balaban J connectivity index is 2.24. The van der Waals surface area contributed by atoms with Crippen molar-refractivity contribution in [3.8, 4) is 0 Å². The average molecular weight is 235 g/mol. The van der Waals surface area contributed by atoms with E-state index in [4.69, 9.17) is 5.84 Å². The third-order valence-electron chi connectivity index (χ3n) is 2.05. The Bertz CT molecular complexity index is 494. The number of hydrazine groups is 1. The second-order valence-corrected chi connectivity index (χ2v) is 4.55. The summed E-state index contributed by atoms with van der Waals surface area (Å²) in [6.45, 7) is 3.90. The lowest BCUT2D eigenvalue weighted by atomic mass is 10.3. The number of nitrogen functional groups attached to an aromatic ring is 1. The number of rotatable bonds is 3. The van der Waals surface area contributed by atoms with Crippen LogP contribution < -0.4 is 11.3 Å². The van der Waals surface area contributed by atoms with E-state index < -0.39 is 0 Å². The van der Waals surface area contributed by atoms with Gasteiger partial charge in [0.25, 0.3) is 0 Å². The van der Waals surface area contributed by atoms with Crippen molar-refractivity contribution >= 4 is 17.2 Å². The quantitative estimate of drug-likeness (QED) is 0.621. The molecule has 0 bridgehead atoms. The van der Waals surface area contributed by atoms with Crippen LogP contribution in [0.1, 0.15) is 22.2 Å². The highest BCUT2D eigenvalue weighted by atomic mass is 32.1. The molecule has 0 fully saturated rings. The summed E-state index contributed by atoms with van der Waals surface area (Å²) in [5.41, 5.74) is 4.42. The van der Waals surface area contributed by atoms with Crippen LogP contribution in [-0.2, 0) is 6.42 Å². The molecular weight excluding hydrogens is 222 g/mol. The van der Waals surface area contributed by atoms with Crippen LogP contribution in [0.25, 0.3) is 0 Å². The maximum absolute atomic E-state index is 5.33. The predicted molar refractivity (Wildman–Crippen MR) is 64.2 cm³/mol. The third-order valence-corrected chi connectivity index (χ3v) is 2.88. The highest BCUT2D eigenvalue weighted by Crippen LogP contribution is 2.12. The molecule has 0 saturated heterocycles. The molecule has 5 nitrogen and oxygen atoms in total. The molecule has 2 heterocycles. The predicted octanol–water partition coefficient (Wildman–Crippen LogP) is 1.43. The van der Waals surface area contributed by atoms with Crippen molar-refractivity contribution in [2.75, 3.05) is 5.43 Å². The summed E-state index contributed by atoms with van der Waals surface area (Å²) in [5.74, 6) is 6.70. The number of nitrogens with zero attached hydrogens (tertiary/aromatic N) is 3. The second-order valence-electron chi connectivity index (χ2n) is 3.49. The molecule has 0 saturated carbocycles. The molecule has 0 aliphatic heterocycles. The van der Waals surface area contributed by atoms with Gasteiger partial charge in [-0.2, -0.15) is 0 Å². The second kappa shape index (κ2) is 4.54. The van der Waals surface area contributed by atoms with Crippen molar-refractivity contribution in [3.05, 3.63) is 33.7 Å². The van der Waals surface area contributed by atoms with E-state index in [1.54, 1.807) is 17.4 Å². The Morgan fingerprint density at radius 1 is 1.31 bits per heavy atom. The van der Waals surface area contributed by atoms with E-state index in [1.807, 2.05) is 19.2 Å². The van der Waals surface area contributed by atoms with Crippen molar-refractivity contribution in [2.45, 2.75) is 20.3 Å². The first kappa shape index (κ1) is 11.0. The van der Waals surface area contributed by atoms with Crippen molar-refractivity contribution in [1.82, 2.24) is 15.0 Å². The van der Waals surface area contributed by atoms with Gasteiger partial charge in [0.05, 0.1) is 17.1 Å². The maximum atomic E-state index is 5.33. The number of hydrogen-bond donors (Lipinski definition) is 2. The van der Waals surface area contributed by atoms with E-state index in [9.17, 15) is 0 Å². The summed E-state index contributed by atoms with van der Waals surface area (Å²) in [7, 11) is 0. The Morgan fingerprint density at radius 2 is 2.12 bits per heavy atom. The first-order chi connectivity index (χ1) is 7.67. The molecule has 0 amide bonds. The summed E-state index contributed by atoms with van der Waals surface area (Å²) in [5, 5.41) is 3.08. The van der Waals surface area contributed by atoms with Crippen LogP contribution in [0.3, 0.4) is 0 Å². The fourth-order valence-electron chi connectivity index (χ4n) is 1.43. The number of nitrogens with two attached hydrogens (primary N) is 1. The normalized spacial score (nSPS) is 10.4. The van der Waals surface area contributed by atoms with Crippen LogP contribution in [0, 0.1) is 13.8 Å². The van der Waals surface area contributed by atoms with Gasteiger partial charge in [-0.05, 0) is 13.8 Å². The van der Waals surface area contributed by atoms with Crippen LogP contribution in [0.4, 0.5) is 5.82 Å². The largest absolute Gasteiger partial charge is 0.308 e. The molecule has 0 atom stereocenters. The van der Waals surface area contributed by atoms with Gasteiger partial charge < -0.3 is 5.43 Å². The minimum Gasteiger partial charge on any atom is -0.308 e. The van der Waals surface area contributed by atoms with E-state index in [0.717, 1.165) is 22.2 Å². The third kappa shape index (κ3) is 2.53. The van der Waals surface area contributed by atoms with Crippen LogP contribution in [-0.4, -0.2) is 15.0 Å². The fraction of sp³-hybridized carbons (Fsp3) is 0.300. The van der Waals surface area contributed by atoms with Crippen LogP contribution >= 0.6 is 11.3 Å². The summed E-state index contributed by atoms with van der Waals surface area (Å²) in [6.07, 6.45) is 0.640. The number of hydrogen-bond acceptors (Lipinski definition) is 6. The molecule has 0 spiro atoms. The van der Waals surface area contributed by atoms with Crippen molar-refractivity contribution in [3.63, 3.8) is 0 Å². The molecule has 0 unspecified atom stereocenters. The molecule has 0 aliphatic rings. The lowest BCUT2D eigenvalue weighted by Gasteiger charge is -2.03. The number of aryl methyl sites for hydroxylation is 2. The number of aromatic nitrogens is 3. The summed E-state index contributed by atoms with van der Waals surface area (Å²) in [4.78, 5) is 13.0. The van der Waals surface area contributed by atoms with Gasteiger partial charge in [-0.1, -0.05) is 0 Å². The van der Waals surface area contributed by atoms with Crippen LogP contribution in [0.5, 0.6) is 0 Å². The molecule has 2 aromatic rings. The van der Waals surface area contributed by atoms with Crippen LogP contribution in [0.15, 0.2) is 11.4 Å². The van der Waals surface area contributed by atoms with Gasteiger partial charge in [-0.3, -0.25) is 0 Å². The van der Waals surface area contributed by atoms with Gasteiger partial charge in [-0.25, -0.2) is 20.8 Å². The topological polar surface area (TPSA) is 76.7 Å². The summed E-state index contributed by atoms with van der Waals surface area (Å²) >= 11 is 1.63. The molecule has 0 aromatic carbocycles. The highest BCUT2D eigenvalue weighted by molar-refractivity contribution is 7.09. The van der Waals surface area contributed by atoms with E-state index in [1.165, 1.54) is 0 Å². The first-order valence-corrected chi connectivity index (χ1v) is 5.77. The Kier molecular flexibility index (Phi) is 3.12. The van der Waals surface area contributed by atoms with Crippen molar-refractivity contribution < 1.29 is 0 Å². The van der Waals surface area contributed by atoms with Gasteiger partial charge in [0.15, 0.2) is 0 Å². The fourth-order valence-corrected chi connectivity index (χ4v) is 2.05. The molecule has 6 heteroatoms. The zero-order valence-electron chi connectivity index (χ0n) is 9.19. The van der Waals surface area contributed by atoms with Crippen LogP contribution in [0.2, 0.25) is 0 Å². The molecule has 0 aliphatic carbocycles. The molecule has 3 N–H and O–H groups in total. The number of nitrogens with one attached hydrogen (secondary N) is 1. The number of anilines is 1. The Hall–Kier alpha value is -1.53. The summed E-state index contributed by atoms with van der Waals surface area (Å²) < 4.78 is 0. The molecule has 2 rings (SSSR count). The SMILES string of the molecule is Cc1cc(NN)nc(Cc2csc(C)n2)n1. The highest BCUT2D eigenvalue weighted by Gasteiger charge is 2.05. The van der Waals surface area contributed by atoms with E-state index >= 15 is 0 Å². The van der Waals surface area contributed by atoms with Gasteiger partial charge in [0.2, 0.25) is 0 Å². The molecule has 16 heavy (non-hydrogen) atoms. The zero-order chi connectivity index (χ0) is 11.5. The minimum atomic E-state index is 0.634.